The highest BCUT2D eigenvalue weighted by Gasteiger charge is 2.15. The fourth-order valence-electron chi connectivity index (χ4n) is 1.64. The highest BCUT2D eigenvalue weighted by Crippen LogP contribution is 2.19. The lowest BCUT2D eigenvalue weighted by atomic mass is 10.1. The Kier molecular flexibility index (Phi) is 5.98. The van der Waals surface area contributed by atoms with Gasteiger partial charge in [0.05, 0.1) is 12.7 Å². The number of carboxylic acids is 1. The summed E-state index contributed by atoms with van der Waals surface area (Å²) in [5.41, 5.74) is 0.104. The van der Waals surface area contributed by atoms with Crippen molar-refractivity contribution in [1.82, 2.24) is 5.32 Å². The number of carbonyl (C=O) groups is 2. The standard InChI is InChI=1S/C16H21NO5/c1-16(2,3)22-15(20)17-9-5-6-11-7-8-12(21-4)10-13(11)14(18)19/h5-8,10H,9H2,1-4H3,(H,17,20)(H,18,19). The van der Waals surface area contributed by atoms with Crippen molar-refractivity contribution >= 4 is 18.1 Å². The largest absolute Gasteiger partial charge is 0.497 e. The van der Waals surface area contributed by atoms with Crippen LogP contribution >= 0.6 is 0 Å². The van der Waals surface area contributed by atoms with Crippen LogP contribution in [0, 0.1) is 0 Å². The maximum Gasteiger partial charge on any atom is 0.407 e. The van der Waals surface area contributed by atoms with Crippen LogP contribution in [0.5, 0.6) is 5.75 Å². The summed E-state index contributed by atoms with van der Waals surface area (Å²) in [6.07, 6.45) is 2.75. The molecule has 0 radical (unpaired) electrons. The number of carboxylic acid groups (broad SMARTS) is 1. The maximum atomic E-state index is 11.5. The van der Waals surface area contributed by atoms with Crippen molar-refractivity contribution in [2.75, 3.05) is 13.7 Å². The molecule has 0 aliphatic rings. The first-order chi connectivity index (χ1) is 10.2. The smallest absolute Gasteiger partial charge is 0.407 e. The Hall–Kier alpha value is -2.50. The van der Waals surface area contributed by atoms with Gasteiger partial charge in [-0.25, -0.2) is 9.59 Å². The van der Waals surface area contributed by atoms with E-state index < -0.39 is 17.7 Å². The van der Waals surface area contributed by atoms with Gasteiger partial charge in [0.25, 0.3) is 0 Å². The first kappa shape index (κ1) is 17.6. The normalized spacial score (nSPS) is 11.3. The minimum absolute atomic E-state index is 0.132. The van der Waals surface area contributed by atoms with Crippen LogP contribution in [-0.2, 0) is 4.74 Å². The van der Waals surface area contributed by atoms with Gasteiger partial charge in [0.15, 0.2) is 0 Å². The van der Waals surface area contributed by atoms with Gasteiger partial charge in [0.1, 0.15) is 11.4 Å². The molecular formula is C16H21NO5. The number of hydrogen-bond donors (Lipinski definition) is 2. The van der Waals surface area contributed by atoms with Crippen LogP contribution in [0.1, 0.15) is 36.7 Å². The minimum Gasteiger partial charge on any atom is -0.497 e. The third-order valence-electron chi connectivity index (χ3n) is 2.55. The summed E-state index contributed by atoms with van der Waals surface area (Å²) in [5, 5.41) is 11.7. The van der Waals surface area contributed by atoms with Crippen LogP contribution in [0.4, 0.5) is 4.79 Å². The third kappa shape index (κ3) is 5.87. The number of ether oxygens (including phenoxy) is 2. The van der Waals surface area contributed by atoms with Gasteiger partial charge in [-0.3, -0.25) is 0 Å². The van der Waals surface area contributed by atoms with Crippen LogP contribution in [0.3, 0.4) is 0 Å². The van der Waals surface area contributed by atoms with Gasteiger partial charge in [0.2, 0.25) is 0 Å². The monoisotopic (exact) mass is 307 g/mol. The molecule has 0 aromatic heterocycles. The number of alkyl carbamates (subject to hydrolysis) is 1. The molecule has 1 rings (SSSR count). The summed E-state index contributed by atoms with van der Waals surface area (Å²) in [6, 6.07) is 4.77. The molecule has 0 atom stereocenters. The average Bonchev–Trinajstić information content (AvgIpc) is 2.41. The van der Waals surface area contributed by atoms with Gasteiger partial charge in [0, 0.05) is 6.54 Å². The lowest BCUT2D eigenvalue weighted by Crippen LogP contribution is -2.32. The summed E-state index contributed by atoms with van der Waals surface area (Å²) in [6.45, 7) is 5.57. The van der Waals surface area contributed by atoms with Crippen LogP contribution in [0.2, 0.25) is 0 Å². The van der Waals surface area contributed by atoms with Crippen molar-refractivity contribution in [2.24, 2.45) is 0 Å². The molecule has 1 aromatic rings. The Morgan fingerprint density at radius 3 is 2.55 bits per heavy atom. The van der Waals surface area contributed by atoms with E-state index in [1.807, 2.05) is 0 Å². The average molecular weight is 307 g/mol. The Balaban J connectivity index is 2.67. The molecule has 0 saturated carbocycles. The minimum atomic E-state index is -1.04. The molecule has 22 heavy (non-hydrogen) atoms. The van der Waals surface area contributed by atoms with Crippen molar-refractivity contribution in [3.63, 3.8) is 0 Å². The van der Waals surface area contributed by atoms with Crippen molar-refractivity contribution < 1.29 is 24.2 Å². The third-order valence-corrected chi connectivity index (χ3v) is 2.55. The van der Waals surface area contributed by atoms with Gasteiger partial charge in [-0.05, 0) is 38.5 Å². The van der Waals surface area contributed by atoms with Crippen molar-refractivity contribution in [1.29, 1.82) is 0 Å². The van der Waals surface area contributed by atoms with E-state index in [4.69, 9.17) is 9.47 Å². The van der Waals surface area contributed by atoms with E-state index >= 15 is 0 Å². The molecule has 6 nitrogen and oxygen atoms in total. The van der Waals surface area contributed by atoms with E-state index in [-0.39, 0.29) is 12.1 Å². The van der Waals surface area contributed by atoms with Gasteiger partial charge >= 0.3 is 12.1 Å². The molecule has 6 heteroatoms. The van der Waals surface area contributed by atoms with Crippen LogP contribution in [0.15, 0.2) is 24.3 Å². The molecule has 0 aliphatic carbocycles. The van der Waals surface area contributed by atoms with Crippen LogP contribution in [-0.4, -0.2) is 36.4 Å². The second kappa shape index (κ2) is 7.49. The molecule has 0 saturated heterocycles. The Morgan fingerprint density at radius 1 is 1.32 bits per heavy atom. The predicted molar refractivity (Wildman–Crippen MR) is 83.2 cm³/mol. The summed E-state index contributed by atoms with van der Waals surface area (Å²) in [7, 11) is 1.47. The molecular weight excluding hydrogens is 286 g/mol. The van der Waals surface area contributed by atoms with E-state index in [2.05, 4.69) is 5.32 Å². The Labute approximate surface area is 129 Å². The van der Waals surface area contributed by atoms with E-state index in [1.54, 1.807) is 45.1 Å². The summed E-state index contributed by atoms with van der Waals surface area (Å²) < 4.78 is 10.1. The Bertz CT molecular complexity index is 572. The number of nitrogens with one attached hydrogen (secondary N) is 1. The molecule has 0 spiro atoms. The van der Waals surface area contributed by atoms with Crippen LogP contribution in [0.25, 0.3) is 6.08 Å². The first-order valence-corrected chi connectivity index (χ1v) is 6.77. The van der Waals surface area contributed by atoms with Crippen molar-refractivity contribution in [3.05, 3.63) is 35.4 Å². The van der Waals surface area contributed by atoms with Gasteiger partial charge in [-0.1, -0.05) is 18.2 Å². The topological polar surface area (TPSA) is 84.9 Å². The summed E-state index contributed by atoms with van der Waals surface area (Å²) in [5.74, 6) is -0.569. The number of benzene rings is 1. The molecule has 0 bridgehead atoms. The molecule has 1 aromatic carbocycles. The van der Waals surface area contributed by atoms with E-state index in [1.165, 1.54) is 13.2 Å². The maximum absolute atomic E-state index is 11.5. The molecule has 0 unspecified atom stereocenters. The zero-order chi connectivity index (χ0) is 16.8. The number of methoxy groups -OCH3 is 1. The molecule has 2 N–H and O–H groups in total. The fraction of sp³-hybridized carbons (Fsp3) is 0.375. The first-order valence-electron chi connectivity index (χ1n) is 6.77. The number of aromatic carboxylic acids is 1. The summed E-state index contributed by atoms with van der Waals surface area (Å²) in [4.78, 5) is 22.7. The van der Waals surface area contributed by atoms with Crippen molar-refractivity contribution in [2.45, 2.75) is 26.4 Å². The van der Waals surface area contributed by atoms with E-state index in [0.29, 0.717) is 11.3 Å². The molecule has 0 fully saturated rings. The summed E-state index contributed by atoms with van der Waals surface area (Å²) >= 11 is 0. The van der Waals surface area contributed by atoms with Crippen molar-refractivity contribution in [3.8, 4) is 5.75 Å². The Morgan fingerprint density at radius 2 is 2.00 bits per heavy atom. The second-order valence-corrected chi connectivity index (χ2v) is 5.54. The van der Waals surface area contributed by atoms with Gasteiger partial charge < -0.3 is 19.9 Å². The van der Waals surface area contributed by atoms with Gasteiger partial charge in [-0.2, -0.15) is 0 Å². The molecule has 1 amide bonds. The lowest BCUT2D eigenvalue weighted by molar-refractivity contribution is 0.0533. The predicted octanol–water partition coefficient (Wildman–Crippen LogP) is 2.93. The zero-order valence-electron chi connectivity index (χ0n) is 13.2. The number of carbonyl (C=O) groups excluding carboxylic acids is 1. The molecule has 0 aliphatic heterocycles. The quantitative estimate of drug-likeness (QED) is 0.873. The number of rotatable bonds is 5. The lowest BCUT2D eigenvalue weighted by Gasteiger charge is -2.19. The number of hydrogen-bond acceptors (Lipinski definition) is 4. The second-order valence-electron chi connectivity index (χ2n) is 5.54. The van der Waals surface area contributed by atoms with Crippen LogP contribution < -0.4 is 10.1 Å². The van der Waals surface area contributed by atoms with E-state index in [0.717, 1.165) is 0 Å². The fourth-order valence-corrected chi connectivity index (χ4v) is 1.64. The molecule has 120 valence electrons. The highest BCUT2D eigenvalue weighted by molar-refractivity contribution is 5.92. The zero-order valence-corrected chi connectivity index (χ0v) is 13.2. The van der Waals surface area contributed by atoms with E-state index in [9.17, 15) is 14.7 Å². The molecule has 0 heterocycles. The number of amides is 1. The van der Waals surface area contributed by atoms with Gasteiger partial charge in [-0.15, -0.1) is 0 Å². The highest BCUT2D eigenvalue weighted by atomic mass is 16.6. The SMILES string of the molecule is COc1ccc(C=CCNC(=O)OC(C)(C)C)c(C(=O)O)c1.